The largest absolute Gasteiger partial charge is 0.367 e. The predicted octanol–water partition coefficient (Wildman–Crippen LogP) is 3.88. The molecule has 2 aliphatic rings. The lowest BCUT2D eigenvalue weighted by Crippen LogP contribution is -2.52. The third-order valence-electron chi connectivity index (χ3n) is 7.30. The third-order valence-corrected chi connectivity index (χ3v) is 9.49. The summed E-state index contributed by atoms with van der Waals surface area (Å²) in [5.41, 5.74) is 1.54. The summed E-state index contributed by atoms with van der Waals surface area (Å²) in [6, 6.07) is 5.81. The second kappa shape index (κ2) is 10.1. The number of carbonyl (C=O) groups is 1. The van der Waals surface area contributed by atoms with Crippen LogP contribution in [0, 0.1) is 6.92 Å². The van der Waals surface area contributed by atoms with Crippen LogP contribution >= 0.6 is 11.8 Å². The van der Waals surface area contributed by atoms with Crippen molar-refractivity contribution >= 4 is 55.9 Å². The van der Waals surface area contributed by atoms with Gasteiger partial charge in [-0.05, 0) is 51.3 Å². The van der Waals surface area contributed by atoms with E-state index in [0.29, 0.717) is 28.4 Å². The van der Waals surface area contributed by atoms with Crippen LogP contribution in [-0.2, 0) is 14.6 Å². The van der Waals surface area contributed by atoms with Crippen LogP contribution in [0.15, 0.2) is 29.3 Å². The van der Waals surface area contributed by atoms with Crippen LogP contribution in [0.3, 0.4) is 0 Å². The van der Waals surface area contributed by atoms with Gasteiger partial charge in [-0.25, -0.2) is 13.4 Å². The van der Waals surface area contributed by atoms with E-state index in [-0.39, 0.29) is 34.2 Å². The first kappa shape index (κ1) is 25.8. The first-order valence-electron chi connectivity index (χ1n) is 12.6. The Bertz CT molecular complexity index is 1410. The lowest BCUT2D eigenvalue weighted by Gasteiger charge is -2.40. The average molecular weight is 544 g/mol. The topological polar surface area (TPSA) is 133 Å². The SMILES string of the molecule is CCC(SC)C(=O)N1[C@@H]2CC[C@H]1CC(Nc1nc(Nc3cc(C)[nH]n3)cc3ncc(S(C)(=O)=O)cc13)C2. The number of hydrogen-bond donors (Lipinski definition) is 3. The lowest BCUT2D eigenvalue weighted by molar-refractivity contribution is -0.135. The van der Waals surface area contributed by atoms with E-state index in [1.54, 1.807) is 23.9 Å². The Morgan fingerprint density at radius 3 is 2.54 bits per heavy atom. The molecule has 2 bridgehead atoms. The molecule has 10 nitrogen and oxygen atoms in total. The van der Waals surface area contributed by atoms with Gasteiger partial charge in [0.25, 0.3) is 0 Å². The van der Waals surface area contributed by atoms with E-state index >= 15 is 0 Å². The fourth-order valence-corrected chi connectivity index (χ4v) is 6.78. The maximum absolute atomic E-state index is 13.2. The molecule has 3 N–H and O–H groups in total. The monoisotopic (exact) mass is 543 g/mol. The van der Waals surface area contributed by atoms with Crippen molar-refractivity contribution in [3.8, 4) is 0 Å². The van der Waals surface area contributed by atoms with Crippen molar-refractivity contribution in [1.82, 2.24) is 25.1 Å². The molecule has 1 amide bonds. The fourth-order valence-electron chi connectivity index (χ4n) is 5.55. The molecule has 2 unspecified atom stereocenters. The van der Waals surface area contributed by atoms with Crippen molar-refractivity contribution in [2.24, 2.45) is 0 Å². The zero-order valence-corrected chi connectivity index (χ0v) is 23.1. The summed E-state index contributed by atoms with van der Waals surface area (Å²) in [4.78, 5) is 24.7. The number of piperidine rings is 1. The molecule has 2 aliphatic heterocycles. The highest BCUT2D eigenvalue weighted by atomic mass is 32.2. The summed E-state index contributed by atoms with van der Waals surface area (Å²) in [7, 11) is -3.43. The average Bonchev–Trinajstić information content (AvgIpc) is 3.38. The van der Waals surface area contributed by atoms with E-state index in [2.05, 4.69) is 37.6 Å². The smallest absolute Gasteiger partial charge is 0.236 e. The molecule has 5 heterocycles. The molecule has 3 aromatic heterocycles. The molecule has 0 aliphatic carbocycles. The van der Waals surface area contributed by atoms with E-state index in [9.17, 15) is 13.2 Å². The van der Waals surface area contributed by atoms with Crippen LogP contribution in [0.25, 0.3) is 10.9 Å². The number of pyridine rings is 2. The maximum atomic E-state index is 13.2. The Morgan fingerprint density at radius 1 is 1.22 bits per heavy atom. The first-order valence-corrected chi connectivity index (χ1v) is 15.8. The minimum Gasteiger partial charge on any atom is -0.367 e. The number of nitrogens with zero attached hydrogens (tertiary/aromatic N) is 4. The number of amides is 1. The molecular weight excluding hydrogens is 510 g/mol. The number of aromatic amines is 1. The standard InChI is InChI=1S/C25H33N7O3S2/c1-5-21(36-3)25(33)32-16-6-7-17(32)10-15(9-16)27-24-19-11-18(37(4,34)35)13-26-20(19)12-22(29-24)28-23-8-14(2)30-31-23/h8,11-13,15-17,21H,5-7,9-10H2,1-4H3,(H3,27,28,29,30,31)/t15?,16-,17+,21?. The highest BCUT2D eigenvalue weighted by molar-refractivity contribution is 7.99. The second-order valence-corrected chi connectivity index (χ2v) is 13.1. The quantitative estimate of drug-likeness (QED) is 0.387. The number of nitrogens with one attached hydrogen (secondary N) is 3. The second-order valence-electron chi connectivity index (χ2n) is 10.0. The predicted molar refractivity (Wildman–Crippen MR) is 147 cm³/mol. The van der Waals surface area contributed by atoms with Crippen LogP contribution in [0.5, 0.6) is 0 Å². The van der Waals surface area contributed by atoms with Gasteiger partial charge in [-0.3, -0.25) is 14.9 Å². The number of sulfone groups is 1. The van der Waals surface area contributed by atoms with Gasteiger partial charge in [0.1, 0.15) is 11.6 Å². The zero-order chi connectivity index (χ0) is 26.3. The van der Waals surface area contributed by atoms with E-state index in [1.165, 1.54) is 12.5 Å². The molecule has 12 heteroatoms. The number of aromatic nitrogens is 4. The Hall–Kier alpha value is -2.86. The summed E-state index contributed by atoms with van der Waals surface area (Å²) in [5.74, 6) is 2.02. The van der Waals surface area contributed by atoms with Crippen LogP contribution in [0.4, 0.5) is 17.5 Å². The molecule has 0 spiro atoms. The van der Waals surface area contributed by atoms with Crippen LogP contribution in [-0.4, -0.2) is 75.3 Å². The summed E-state index contributed by atoms with van der Waals surface area (Å²) >= 11 is 1.63. The van der Waals surface area contributed by atoms with Crippen molar-refractivity contribution in [2.45, 2.75) is 74.2 Å². The van der Waals surface area contributed by atoms with Crippen LogP contribution in [0.1, 0.15) is 44.7 Å². The highest BCUT2D eigenvalue weighted by Crippen LogP contribution is 2.39. The molecule has 2 fully saturated rings. The van der Waals surface area contributed by atoms with Gasteiger partial charge in [-0.1, -0.05) is 6.92 Å². The van der Waals surface area contributed by atoms with Gasteiger partial charge in [0.2, 0.25) is 5.91 Å². The number of carbonyl (C=O) groups excluding carboxylic acids is 1. The van der Waals surface area contributed by atoms with Gasteiger partial charge < -0.3 is 15.5 Å². The molecule has 0 radical (unpaired) electrons. The van der Waals surface area contributed by atoms with Gasteiger partial charge >= 0.3 is 0 Å². The third kappa shape index (κ3) is 5.26. The molecule has 0 aromatic carbocycles. The van der Waals surface area contributed by atoms with Crippen LogP contribution < -0.4 is 10.6 Å². The Labute approximate surface area is 221 Å². The van der Waals surface area contributed by atoms with E-state index in [0.717, 1.165) is 37.8 Å². The van der Waals surface area contributed by atoms with Gasteiger partial charge in [0, 0.05) is 53.8 Å². The molecule has 5 rings (SSSR count). The van der Waals surface area contributed by atoms with E-state index in [1.807, 2.05) is 19.2 Å². The molecule has 2 saturated heterocycles. The summed E-state index contributed by atoms with van der Waals surface area (Å²) in [6.45, 7) is 3.98. The van der Waals surface area contributed by atoms with Crippen LogP contribution in [0.2, 0.25) is 0 Å². The van der Waals surface area contributed by atoms with Crippen molar-refractivity contribution in [3.63, 3.8) is 0 Å². The van der Waals surface area contributed by atoms with Crippen molar-refractivity contribution < 1.29 is 13.2 Å². The van der Waals surface area contributed by atoms with Crippen molar-refractivity contribution in [1.29, 1.82) is 0 Å². The Morgan fingerprint density at radius 2 is 1.95 bits per heavy atom. The van der Waals surface area contributed by atoms with Gasteiger partial charge in [-0.15, -0.1) is 0 Å². The molecule has 3 aromatic rings. The van der Waals surface area contributed by atoms with Crippen molar-refractivity contribution in [2.75, 3.05) is 23.1 Å². The van der Waals surface area contributed by atoms with Gasteiger partial charge in [0.05, 0.1) is 15.7 Å². The number of hydrogen-bond acceptors (Lipinski definition) is 9. The number of H-pyrrole nitrogens is 1. The molecule has 37 heavy (non-hydrogen) atoms. The number of fused-ring (bicyclic) bond motifs is 3. The number of anilines is 3. The normalized spacial score (nSPS) is 22.3. The van der Waals surface area contributed by atoms with Gasteiger partial charge in [0.15, 0.2) is 15.7 Å². The first-order chi connectivity index (χ1) is 17.7. The molecular formula is C25H33N7O3S2. The Balaban J connectivity index is 1.45. The number of thioether (sulfide) groups is 1. The summed E-state index contributed by atoms with van der Waals surface area (Å²) in [6.07, 6.45) is 9.05. The minimum absolute atomic E-state index is 0.00661. The maximum Gasteiger partial charge on any atom is 0.236 e. The van der Waals surface area contributed by atoms with Crippen molar-refractivity contribution in [3.05, 3.63) is 30.1 Å². The number of rotatable bonds is 8. The molecule has 0 saturated carbocycles. The summed E-state index contributed by atoms with van der Waals surface area (Å²) < 4.78 is 24.5. The Kier molecular flexibility index (Phi) is 7.06. The van der Waals surface area contributed by atoms with E-state index < -0.39 is 9.84 Å². The van der Waals surface area contributed by atoms with E-state index in [4.69, 9.17) is 4.98 Å². The number of aryl methyl sites for hydroxylation is 1. The fraction of sp³-hybridized carbons (Fsp3) is 0.520. The molecule has 198 valence electrons. The minimum atomic E-state index is -3.43. The molecule has 4 atom stereocenters. The lowest BCUT2D eigenvalue weighted by atomic mass is 9.96. The van der Waals surface area contributed by atoms with Gasteiger partial charge in [-0.2, -0.15) is 16.9 Å². The summed E-state index contributed by atoms with van der Waals surface area (Å²) in [5, 5.41) is 14.6. The highest BCUT2D eigenvalue weighted by Gasteiger charge is 2.44. The zero-order valence-electron chi connectivity index (χ0n) is 21.5.